The molecule has 1 aromatic rings. The maximum atomic E-state index is 11.9. The summed E-state index contributed by atoms with van der Waals surface area (Å²) in [4.78, 5) is 2.15. The van der Waals surface area contributed by atoms with E-state index in [1.807, 2.05) is 31.3 Å². The Bertz CT molecular complexity index is 528. The molecule has 1 aromatic carbocycles. The maximum absolute atomic E-state index is 11.9. The molecule has 1 heterocycles. The number of nitrogens with one attached hydrogen (secondary N) is 1. The first kappa shape index (κ1) is 13.3. The van der Waals surface area contributed by atoms with Crippen molar-refractivity contribution in [2.24, 2.45) is 0 Å². The largest absolute Gasteiger partial charge is 0.374 e. The van der Waals surface area contributed by atoms with Gasteiger partial charge in [-0.3, -0.25) is 0 Å². The number of nitrogens with zero attached hydrogens (tertiary/aromatic N) is 2. The second-order valence-corrected chi connectivity index (χ2v) is 6.64. The molecule has 0 amide bonds. The molecule has 0 aromatic heterocycles. The van der Waals surface area contributed by atoms with Gasteiger partial charge in [0.1, 0.15) is 0 Å². The van der Waals surface area contributed by atoms with E-state index in [9.17, 15) is 8.42 Å². The summed E-state index contributed by atoms with van der Waals surface area (Å²) in [7, 11) is 1.69. The summed E-state index contributed by atoms with van der Waals surface area (Å²) in [6.07, 6.45) is 0.778. The zero-order valence-corrected chi connectivity index (χ0v) is 11.7. The lowest BCUT2D eigenvalue weighted by atomic mass is 9.98. The maximum Gasteiger partial charge on any atom is 0.279 e. The molecule has 0 aliphatic carbocycles. The molecule has 0 saturated heterocycles. The first-order valence-electron chi connectivity index (χ1n) is 5.91. The van der Waals surface area contributed by atoms with Crippen molar-refractivity contribution in [1.29, 1.82) is 0 Å². The normalized spacial score (nSPS) is 20.0. The molecule has 0 saturated carbocycles. The van der Waals surface area contributed by atoms with Crippen molar-refractivity contribution in [2.75, 3.05) is 32.6 Å². The van der Waals surface area contributed by atoms with Gasteiger partial charge in [-0.05, 0) is 18.1 Å². The van der Waals surface area contributed by atoms with Gasteiger partial charge in [-0.15, -0.1) is 0 Å². The standard InChI is InChI=1S/C12H19N3O2S/c1-14(2)18(16,17)13-11-8-9-15(3)12-7-5-4-6-10(11)12/h4-7,11,13H,8-9H2,1-3H3. The Balaban J connectivity index is 2.30. The van der Waals surface area contributed by atoms with E-state index < -0.39 is 10.2 Å². The summed E-state index contributed by atoms with van der Waals surface area (Å²) in [6.45, 7) is 0.845. The van der Waals surface area contributed by atoms with E-state index >= 15 is 0 Å². The molecule has 1 N–H and O–H groups in total. The topological polar surface area (TPSA) is 52.7 Å². The van der Waals surface area contributed by atoms with Crippen LogP contribution in [0.15, 0.2) is 24.3 Å². The lowest BCUT2D eigenvalue weighted by Crippen LogP contribution is -2.41. The van der Waals surface area contributed by atoms with Crippen molar-refractivity contribution in [3.63, 3.8) is 0 Å². The average Bonchev–Trinajstić information content (AvgIpc) is 2.33. The van der Waals surface area contributed by atoms with Crippen molar-refractivity contribution < 1.29 is 8.42 Å². The highest BCUT2D eigenvalue weighted by molar-refractivity contribution is 7.87. The van der Waals surface area contributed by atoms with Gasteiger partial charge in [0.05, 0.1) is 6.04 Å². The molecular weight excluding hydrogens is 250 g/mol. The highest BCUT2D eigenvalue weighted by Crippen LogP contribution is 2.32. The zero-order valence-electron chi connectivity index (χ0n) is 10.9. The SMILES string of the molecule is CN1CCC(NS(=O)(=O)N(C)C)c2ccccc21. The summed E-state index contributed by atoms with van der Waals surface area (Å²) in [6, 6.07) is 7.76. The van der Waals surface area contributed by atoms with E-state index in [0.29, 0.717) is 0 Å². The van der Waals surface area contributed by atoms with Gasteiger partial charge < -0.3 is 4.90 Å². The van der Waals surface area contributed by atoms with Crippen LogP contribution in [0.25, 0.3) is 0 Å². The molecule has 1 aliphatic rings. The van der Waals surface area contributed by atoms with Crippen LogP contribution >= 0.6 is 0 Å². The predicted octanol–water partition coefficient (Wildman–Crippen LogP) is 0.964. The molecule has 5 nitrogen and oxygen atoms in total. The van der Waals surface area contributed by atoms with Crippen molar-refractivity contribution in [1.82, 2.24) is 9.03 Å². The molecule has 1 unspecified atom stereocenters. The molecule has 1 aliphatic heterocycles. The number of para-hydroxylation sites is 1. The van der Waals surface area contributed by atoms with E-state index in [1.54, 1.807) is 0 Å². The smallest absolute Gasteiger partial charge is 0.279 e. The molecule has 0 fully saturated rings. The van der Waals surface area contributed by atoms with Gasteiger partial charge in [-0.25, -0.2) is 0 Å². The predicted molar refractivity (Wildman–Crippen MR) is 72.8 cm³/mol. The molecule has 2 rings (SSSR count). The Labute approximate surface area is 109 Å². The second kappa shape index (κ2) is 4.87. The number of fused-ring (bicyclic) bond motifs is 1. The van der Waals surface area contributed by atoms with Gasteiger partial charge >= 0.3 is 0 Å². The minimum Gasteiger partial charge on any atom is -0.374 e. The van der Waals surface area contributed by atoms with Crippen molar-refractivity contribution in [3.8, 4) is 0 Å². The monoisotopic (exact) mass is 269 g/mol. The summed E-state index contributed by atoms with van der Waals surface area (Å²) in [5.74, 6) is 0. The Morgan fingerprint density at radius 2 is 2.00 bits per heavy atom. The first-order valence-corrected chi connectivity index (χ1v) is 7.35. The summed E-state index contributed by atoms with van der Waals surface area (Å²) >= 11 is 0. The molecule has 100 valence electrons. The van der Waals surface area contributed by atoms with E-state index in [-0.39, 0.29) is 6.04 Å². The number of hydrogen-bond acceptors (Lipinski definition) is 3. The summed E-state index contributed by atoms with van der Waals surface area (Å²) in [5.41, 5.74) is 2.13. The van der Waals surface area contributed by atoms with Crippen LogP contribution in [-0.4, -0.2) is 40.4 Å². The van der Waals surface area contributed by atoms with Gasteiger partial charge in [0, 0.05) is 33.4 Å². The number of benzene rings is 1. The Morgan fingerprint density at radius 3 is 2.67 bits per heavy atom. The molecule has 6 heteroatoms. The van der Waals surface area contributed by atoms with Crippen LogP contribution in [0.2, 0.25) is 0 Å². The fraction of sp³-hybridized carbons (Fsp3) is 0.500. The van der Waals surface area contributed by atoms with Crippen LogP contribution in [-0.2, 0) is 10.2 Å². The van der Waals surface area contributed by atoms with E-state index in [4.69, 9.17) is 0 Å². The van der Waals surface area contributed by atoms with Gasteiger partial charge in [-0.2, -0.15) is 17.4 Å². The highest BCUT2D eigenvalue weighted by Gasteiger charge is 2.27. The Morgan fingerprint density at radius 1 is 1.33 bits per heavy atom. The number of rotatable bonds is 3. The van der Waals surface area contributed by atoms with E-state index in [0.717, 1.165) is 24.2 Å². The molecular formula is C12H19N3O2S. The fourth-order valence-electron chi connectivity index (χ4n) is 2.14. The summed E-state index contributed by atoms with van der Waals surface area (Å²) < 4.78 is 27.7. The van der Waals surface area contributed by atoms with Crippen molar-refractivity contribution in [3.05, 3.63) is 29.8 Å². The summed E-state index contributed by atoms with van der Waals surface area (Å²) in [5, 5.41) is 0. The highest BCUT2D eigenvalue weighted by atomic mass is 32.2. The minimum absolute atomic E-state index is 0.148. The van der Waals surface area contributed by atoms with Crippen LogP contribution in [0.3, 0.4) is 0 Å². The van der Waals surface area contributed by atoms with Crippen LogP contribution in [0.4, 0.5) is 5.69 Å². The van der Waals surface area contributed by atoms with Gasteiger partial charge in [0.15, 0.2) is 0 Å². The lowest BCUT2D eigenvalue weighted by Gasteiger charge is -2.33. The lowest BCUT2D eigenvalue weighted by molar-refractivity contribution is 0.476. The molecule has 0 bridgehead atoms. The van der Waals surface area contributed by atoms with Crippen LogP contribution in [0, 0.1) is 0 Å². The quantitative estimate of drug-likeness (QED) is 0.889. The van der Waals surface area contributed by atoms with Crippen LogP contribution in [0.5, 0.6) is 0 Å². The molecule has 18 heavy (non-hydrogen) atoms. The number of hydrogen-bond donors (Lipinski definition) is 1. The number of anilines is 1. The van der Waals surface area contributed by atoms with E-state index in [1.165, 1.54) is 18.4 Å². The average molecular weight is 269 g/mol. The Hall–Kier alpha value is -1.11. The van der Waals surface area contributed by atoms with Crippen LogP contribution < -0.4 is 9.62 Å². The van der Waals surface area contributed by atoms with Crippen molar-refractivity contribution >= 4 is 15.9 Å². The van der Waals surface area contributed by atoms with Gasteiger partial charge in [-0.1, -0.05) is 18.2 Å². The minimum atomic E-state index is -3.39. The van der Waals surface area contributed by atoms with Gasteiger partial charge in [0.2, 0.25) is 0 Å². The Kier molecular flexibility index (Phi) is 3.61. The van der Waals surface area contributed by atoms with Gasteiger partial charge in [0.25, 0.3) is 10.2 Å². The third kappa shape index (κ3) is 2.50. The second-order valence-electron chi connectivity index (χ2n) is 4.73. The van der Waals surface area contributed by atoms with Crippen molar-refractivity contribution in [2.45, 2.75) is 12.5 Å². The van der Waals surface area contributed by atoms with E-state index in [2.05, 4.69) is 9.62 Å². The third-order valence-electron chi connectivity index (χ3n) is 3.25. The zero-order chi connectivity index (χ0) is 13.3. The molecule has 1 atom stereocenters. The molecule has 0 radical (unpaired) electrons. The molecule has 0 spiro atoms. The van der Waals surface area contributed by atoms with Crippen LogP contribution in [0.1, 0.15) is 18.0 Å². The first-order chi connectivity index (χ1) is 8.42. The third-order valence-corrected chi connectivity index (χ3v) is 4.79. The fourth-order valence-corrected chi connectivity index (χ4v) is 2.95.